The van der Waals surface area contributed by atoms with Crippen LogP contribution < -0.4 is 0 Å². The normalized spacial score (nSPS) is 10.1. The van der Waals surface area contributed by atoms with Crippen molar-refractivity contribution in [3.63, 3.8) is 0 Å². The van der Waals surface area contributed by atoms with Crippen molar-refractivity contribution in [1.29, 1.82) is 0 Å². The van der Waals surface area contributed by atoms with Crippen molar-refractivity contribution in [3.05, 3.63) is 47.6 Å². The lowest BCUT2D eigenvalue weighted by molar-refractivity contribution is 1.27. The SMILES string of the molecule is C=Cc1ccc(-c2scnc2C)cc1. The van der Waals surface area contributed by atoms with Crippen LogP contribution in [0.4, 0.5) is 0 Å². The van der Waals surface area contributed by atoms with Crippen molar-refractivity contribution in [2.45, 2.75) is 6.92 Å². The molecule has 0 aliphatic rings. The van der Waals surface area contributed by atoms with Gasteiger partial charge in [0.05, 0.1) is 16.1 Å². The highest BCUT2D eigenvalue weighted by Crippen LogP contribution is 2.27. The molecule has 0 bridgehead atoms. The van der Waals surface area contributed by atoms with Gasteiger partial charge in [0.25, 0.3) is 0 Å². The molecule has 0 amide bonds. The molecule has 1 aromatic heterocycles. The van der Waals surface area contributed by atoms with E-state index in [0.717, 1.165) is 11.3 Å². The number of aryl methyl sites for hydroxylation is 1. The van der Waals surface area contributed by atoms with E-state index in [4.69, 9.17) is 0 Å². The second-order valence-electron chi connectivity index (χ2n) is 3.09. The molecule has 0 atom stereocenters. The summed E-state index contributed by atoms with van der Waals surface area (Å²) in [4.78, 5) is 5.48. The van der Waals surface area contributed by atoms with Crippen LogP contribution in [0.2, 0.25) is 0 Å². The van der Waals surface area contributed by atoms with Crippen molar-refractivity contribution < 1.29 is 0 Å². The van der Waals surface area contributed by atoms with Gasteiger partial charge in [-0.25, -0.2) is 4.98 Å². The number of benzene rings is 1. The maximum atomic E-state index is 4.23. The molecule has 70 valence electrons. The second-order valence-corrected chi connectivity index (χ2v) is 3.95. The van der Waals surface area contributed by atoms with Gasteiger partial charge >= 0.3 is 0 Å². The molecule has 0 saturated carbocycles. The maximum absolute atomic E-state index is 4.23. The quantitative estimate of drug-likeness (QED) is 0.721. The van der Waals surface area contributed by atoms with Crippen LogP contribution in [0.1, 0.15) is 11.3 Å². The van der Waals surface area contributed by atoms with Gasteiger partial charge in [-0.3, -0.25) is 0 Å². The minimum Gasteiger partial charge on any atom is -0.249 e. The van der Waals surface area contributed by atoms with Crippen LogP contribution in [0.5, 0.6) is 0 Å². The Morgan fingerprint density at radius 1 is 1.29 bits per heavy atom. The molecule has 0 aliphatic heterocycles. The van der Waals surface area contributed by atoms with Gasteiger partial charge in [-0.05, 0) is 18.1 Å². The fourth-order valence-corrected chi connectivity index (χ4v) is 2.16. The zero-order chi connectivity index (χ0) is 9.97. The first-order valence-corrected chi connectivity index (χ1v) is 5.32. The average molecular weight is 201 g/mol. The molecule has 1 aromatic carbocycles. The van der Waals surface area contributed by atoms with E-state index < -0.39 is 0 Å². The predicted octanol–water partition coefficient (Wildman–Crippen LogP) is 3.76. The molecule has 0 unspecified atom stereocenters. The summed E-state index contributed by atoms with van der Waals surface area (Å²) in [6.07, 6.45) is 1.85. The van der Waals surface area contributed by atoms with Crippen LogP contribution in [0.25, 0.3) is 16.5 Å². The van der Waals surface area contributed by atoms with Crippen LogP contribution in [0.15, 0.2) is 36.4 Å². The van der Waals surface area contributed by atoms with Crippen LogP contribution in [0, 0.1) is 6.92 Å². The monoisotopic (exact) mass is 201 g/mol. The first kappa shape index (κ1) is 9.16. The number of hydrogen-bond donors (Lipinski definition) is 0. The van der Waals surface area contributed by atoms with Gasteiger partial charge in [-0.15, -0.1) is 11.3 Å². The van der Waals surface area contributed by atoms with Gasteiger partial charge in [-0.2, -0.15) is 0 Å². The fraction of sp³-hybridized carbons (Fsp3) is 0.0833. The summed E-state index contributed by atoms with van der Waals surface area (Å²) >= 11 is 1.68. The van der Waals surface area contributed by atoms with E-state index >= 15 is 0 Å². The Morgan fingerprint density at radius 2 is 2.00 bits per heavy atom. The Balaban J connectivity index is 2.43. The van der Waals surface area contributed by atoms with E-state index in [0.29, 0.717) is 0 Å². The van der Waals surface area contributed by atoms with E-state index in [1.54, 1.807) is 11.3 Å². The second kappa shape index (κ2) is 3.76. The summed E-state index contributed by atoms with van der Waals surface area (Å²) < 4.78 is 0. The van der Waals surface area contributed by atoms with Crippen LogP contribution in [0.3, 0.4) is 0 Å². The van der Waals surface area contributed by atoms with Gasteiger partial charge in [0.2, 0.25) is 0 Å². The number of hydrogen-bond acceptors (Lipinski definition) is 2. The summed E-state index contributed by atoms with van der Waals surface area (Å²) in [6.45, 7) is 5.77. The third kappa shape index (κ3) is 1.61. The molecule has 2 heteroatoms. The summed E-state index contributed by atoms with van der Waals surface area (Å²) in [5.41, 5.74) is 5.36. The molecule has 0 saturated heterocycles. The summed E-state index contributed by atoms with van der Waals surface area (Å²) in [5.74, 6) is 0. The molecular formula is C12H11NS. The van der Waals surface area contributed by atoms with Crippen molar-refractivity contribution in [1.82, 2.24) is 4.98 Å². The highest BCUT2D eigenvalue weighted by molar-refractivity contribution is 7.13. The lowest BCUT2D eigenvalue weighted by atomic mass is 10.1. The largest absolute Gasteiger partial charge is 0.249 e. The van der Waals surface area contributed by atoms with Gasteiger partial charge in [0.1, 0.15) is 0 Å². The standard InChI is InChI=1S/C12H11NS/c1-3-10-4-6-11(7-5-10)12-9(2)13-8-14-12/h3-8H,1H2,2H3. The topological polar surface area (TPSA) is 12.9 Å². The summed E-state index contributed by atoms with van der Waals surface area (Å²) in [6, 6.07) is 8.36. The molecule has 1 nitrogen and oxygen atoms in total. The van der Waals surface area contributed by atoms with Gasteiger partial charge in [-0.1, -0.05) is 36.9 Å². The zero-order valence-corrected chi connectivity index (χ0v) is 8.84. The maximum Gasteiger partial charge on any atom is 0.0801 e. The molecule has 1 heterocycles. The molecule has 0 fully saturated rings. The molecular weight excluding hydrogens is 190 g/mol. The Kier molecular flexibility index (Phi) is 2.46. The third-order valence-corrected chi connectivity index (χ3v) is 3.13. The smallest absolute Gasteiger partial charge is 0.0801 e. The van der Waals surface area contributed by atoms with E-state index in [1.165, 1.54) is 10.4 Å². The van der Waals surface area contributed by atoms with E-state index in [2.05, 4.69) is 35.8 Å². The Bertz CT molecular complexity index is 440. The number of nitrogens with zero attached hydrogens (tertiary/aromatic N) is 1. The van der Waals surface area contributed by atoms with Crippen LogP contribution in [-0.4, -0.2) is 4.98 Å². The fourth-order valence-electron chi connectivity index (χ4n) is 1.35. The molecule has 0 N–H and O–H groups in total. The van der Waals surface area contributed by atoms with Crippen LogP contribution in [-0.2, 0) is 0 Å². The minimum atomic E-state index is 1.10. The molecule has 0 aliphatic carbocycles. The molecule has 14 heavy (non-hydrogen) atoms. The zero-order valence-electron chi connectivity index (χ0n) is 8.03. The Labute approximate surface area is 87.8 Å². The molecule has 0 spiro atoms. The molecule has 2 aromatic rings. The third-order valence-electron chi connectivity index (χ3n) is 2.15. The van der Waals surface area contributed by atoms with Crippen molar-refractivity contribution in [2.24, 2.45) is 0 Å². The number of aromatic nitrogens is 1. The van der Waals surface area contributed by atoms with E-state index in [-0.39, 0.29) is 0 Å². The van der Waals surface area contributed by atoms with Gasteiger partial charge in [0.15, 0.2) is 0 Å². The van der Waals surface area contributed by atoms with Crippen molar-refractivity contribution in [3.8, 4) is 10.4 Å². The van der Waals surface area contributed by atoms with E-state index in [1.807, 2.05) is 18.5 Å². The first-order chi connectivity index (χ1) is 6.81. The van der Waals surface area contributed by atoms with E-state index in [9.17, 15) is 0 Å². The highest BCUT2D eigenvalue weighted by atomic mass is 32.1. The van der Waals surface area contributed by atoms with Crippen molar-refractivity contribution >= 4 is 17.4 Å². The highest BCUT2D eigenvalue weighted by Gasteiger charge is 2.03. The summed E-state index contributed by atoms with van der Waals surface area (Å²) in [5, 5.41) is 0. The molecule has 0 radical (unpaired) electrons. The lowest BCUT2D eigenvalue weighted by Gasteiger charge is -1.99. The van der Waals surface area contributed by atoms with Gasteiger partial charge in [0, 0.05) is 0 Å². The number of rotatable bonds is 2. The minimum absolute atomic E-state index is 1.10. The van der Waals surface area contributed by atoms with Crippen molar-refractivity contribution in [2.75, 3.05) is 0 Å². The number of thiazole rings is 1. The first-order valence-electron chi connectivity index (χ1n) is 4.44. The lowest BCUT2D eigenvalue weighted by Crippen LogP contribution is -1.78. The Morgan fingerprint density at radius 3 is 2.50 bits per heavy atom. The Hall–Kier alpha value is -1.41. The summed E-state index contributed by atoms with van der Waals surface area (Å²) in [7, 11) is 0. The van der Waals surface area contributed by atoms with Gasteiger partial charge < -0.3 is 0 Å². The average Bonchev–Trinajstić information content (AvgIpc) is 2.65. The predicted molar refractivity (Wildman–Crippen MR) is 62.4 cm³/mol. The molecule has 2 rings (SSSR count). The van der Waals surface area contributed by atoms with Crippen LogP contribution >= 0.6 is 11.3 Å².